The molecule has 0 amide bonds. The molecule has 0 saturated carbocycles. The van der Waals surface area contributed by atoms with Crippen molar-refractivity contribution in [3.05, 3.63) is 90.0 Å². The van der Waals surface area contributed by atoms with Crippen LogP contribution in [0.25, 0.3) is 16.7 Å². The zero-order valence-electron chi connectivity index (χ0n) is 18.6. The van der Waals surface area contributed by atoms with Gasteiger partial charge in [0.2, 0.25) is 5.95 Å². The molecule has 1 aromatic carbocycles. The highest BCUT2D eigenvalue weighted by Gasteiger charge is 2.30. The first-order chi connectivity index (χ1) is 15.7. The van der Waals surface area contributed by atoms with Gasteiger partial charge in [-0.3, -0.25) is 9.98 Å². The average Bonchev–Trinajstić information content (AvgIpc) is 2.81. The number of nitrogens with zero attached hydrogens (tertiary/aromatic N) is 4. The van der Waals surface area contributed by atoms with Gasteiger partial charge in [-0.2, -0.15) is 13.2 Å². The molecular formula is C25H24F3N5. The highest BCUT2D eigenvalue weighted by Crippen LogP contribution is 2.31. The minimum absolute atomic E-state index is 0.137. The summed E-state index contributed by atoms with van der Waals surface area (Å²) in [6.07, 6.45) is 4.23. The van der Waals surface area contributed by atoms with Crippen molar-refractivity contribution in [3.8, 4) is 11.1 Å². The number of aliphatic imine (C=N–C) groups is 1. The quantitative estimate of drug-likeness (QED) is 0.346. The summed E-state index contributed by atoms with van der Waals surface area (Å²) in [6, 6.07) is 7.04. The van der Waals surface area contributed by atoms with Crippen molar-refractivity contribution in [2.24, 2.45) is 4.99 Å². The molecule has 0 aliphatic carbocycles. The van der Waals surface area contributed by atoms with Gasteiger partial charge >= 0.3 is 6.18 Å². The third-order valence-electron chi connectivity index (χ3n) is 5.07. The topological polar surface area (TPSA) is 63.1 Å². The molecule has 3 rings (SSSR count). The fourth-order valence-corrected chi connectivity index (χ4v) is 3.29. The van der Waals surface area contributed by atoms with Crippen molar-refractivity contribution in [2.45, 2.75) is 26.6 Å². The number of hydrogen-bond donors (Lipinski definition) is 1. The van der Waals surface area contributed by atoms with E-state index in [0.29, 0.717) is 11.3 Å². The summed E-state index contributed by atoms with van der Waals surface area (Å²) in [4.78, 5) is 17.6. The van der Waals surface area contributed by atoms with E-state index < -0.39 is 11.7 Å². The molecule has 3 aromatic rings. The molecule has 0 spiro atoms. The van der Waals surface area contributed by atoms with Crippen LogP contribution in [-0.2, 0) is 12.7 Å². The first-order valence-corrected chi connectivity index (χ1v) is 10.2. The Kier molecular flexibility index (Phi) is 7.37. The maximum Gasteiger partial charge on any atom is 0.416 e. The van der Waals surface area contributed by atoms with Crippen LogP contribution >= 0.6 is 0 Å². The molecule has 0 bridgehead atoms. The minimum atomic E-state index is -4.40. The number of aryl methyl sites for hydroxylation is 1. The highest BCUT2D eigenvalue weighted by molar-refractivity contribution is 6.23. The normalized spacial score (nSPS) is 12.5. The van der Waals surface area contributed by atoms with E-state index in [0.717, 1.165) is 40.1 Å². The van der Waals surface area contributed by atoms with Gasteiger partial charge in [-0.25, -0.2) is 9.97 Å². The third-order valence-corrected chi connectivity index (χ3v) is 5.07. The SMILES string of the molecule is C=C/C=C(\C(C)=NC)c1nc(NCc2cccc(C(F)(F)F)c2)ncc1-c1ccncc1C. The fourth-order valence-electron chi connectivity index (χ4n) is 3.29. The van der Waals surface area contributed by atoms with E-state index in [1.54, 1.807) is 37.8 Å². The van der Waals surface area contributed by atoms with Gasteiger partial charge in [0.15, 0.2) is 0 Å². The lowest BCUT2D eigenvalue weighted by molar-refractivity contribution is -0.137. The summed E-state index contributed by atoms with van der Waals surface area (Å²) in [5.74, 6) is 0.289. The molecule has 2 heterocycles. The largest absolute Gasteiger partial charge is 0.416 e. The summed E-state index contributed by atoms with van der Waals surface area (Å²) in [5.41, 5.74) is 4.59. The van der Waals surface area contributed by atoms with E-state index in [4.69, 9.17) is 4.98 Å². The number of alkyl halides is 3. The molecule has 170 valence electrons. The minimum Gasteiger partial charge on any atom is -0.350 e. The maximum atomic E-state index is 13.0. The van der Waals surface area contributed by atoms with Crippen LogP contribution in [0.15, 0.2) is 72.6 Å². The van der Waals surface area contributed by atoms with Gasteiger partial charge in [0.1, 0.15) is 0 Å². The van der Waals surface area contributed by atoms with E-state index in [1.807, 2.05) is 26.0 Å². The number of benzene rings is 1. The van der Waals surface area contributed by atoms with Gasteiger partial charge < -0.3 is 5.32 Å². The summed E-state index contributed by atoms with van der Waals surface area (Å²) in [7, 11) is 1.69. The lowest BCUT2D eigenvalue weighted by atomic mass is 9.96. The third kappa shape index (κ3) is 5.71. The lowest BCUT2D eigenvalue weighted by Crippen LogP contribution is -2.10. The standard InChI is InChI=1S/C25H24F3N5/c1-5-7-21(17(3)29-4)23-22(20-10-11-30-13-16(20)2)15-32-24(33-23)31-14-18-8-6-9-19(12-18)25(26,27)28/h5-13,15H,1,14H2,2-4H3,(H,31,32,33)/b21-7+,29-17?. The number of hydrogen-bond acceptors (Lipinski definition) is 5. The predicted octanol–water partition coefficient (Wildman–Crippen LogP) is 6.14. The van der Waals surface area contributed by atoms with Crippen molar-refractivity contribution in [2.75, 3.05) is 12.4 Å². The van der Waals surface area contributed by atoms with Crippen molar-refractivity contribution >= 4 is 17.2 Å². The molecule has 0 saturated heterocycles. The van der Waals surface area contributed by atoms with E-state index in [1.165, 1.54) is 6.07 Å². The monoisotopic (exact) mass is 451 g/mol. The van der Waals surface area contributed by atoms with Crippen molar-refractivity contribution in [3.63, 3.8) is 0 Å². The Bertz CT molecular complexity index is 1210. The van der Waals surface area contributed by atoms with Gasteiger partial charge in [0.25, 0.3) is 0 Å². The number of pyridine rings is 1. The van der Waals surface area contributed by atoms with Crippen LogP contribution in [-0.4, -0.2) is 27.7 Å². The number of nitrogens with one attached hydrogen (secondary N) is 1. The Morgan fingerprint density at radius 2 is 1.97 bits per heavy atom. The Balaban J connectivity index is 2.02. The molecule has 1 N–H and O–H groups in total. The van der Waals surface area contributed by atoms with Crippen molar-refractivity contribution in [1.82, 2.24) is 15.0 Å². The van der Waals surface area contributed by atoms with Crippen LogP contribution < -0.4 is 5.32 Å². The molecular weight excluding hydrogens is 427 g/mol. The lowest BCUT2D eigenvalue weighted by Gasteiger charge is -2.15. The van der Waals surface area contributed by atoms with Crippen molar-refractivity contribution in [1.29, 1.82) is 0 Å². The van der Waals surface area contributed by atoms with Crippen LogP contribution in [0.1, 0.15) is 29.3 Å². The Labute approximate surface area is 190 Å². The van der Waals surface area contributed by atoms with Gasteiger partial charge in [-0.1, -0.05) is 30.9 Å². The van der Waals surface area contributed by atoms with Gasteiger partial charge in [0.05, 0.1) is 11.3 Å². The van der Waals surface area contributed by atoms with Gasteiger partial charge in [-0.05, 0) is 48.7 Å². The van der Waals surface area contributed by atoms with E-state index in [-0.39, 0.29) is 12.5 Å². The van der Waals surface area contributed by atoms with Crippen LogP contribution in [0.2, 0.25) is 0 Å². The number of halogens is 3. The fraction of sp³-hybridized carbons (Fsp3) is 0.200. The second kappa shape index (κ2) is 10.2. The molecule has 2 aromatic heterocycles. The van der Waals surface area contributed by atoms with Gasteiger partial charge in [0, 0.05) is 49.0 Å². The van der Waals surface area contributed by atoms with Crippen LogP contribution in [0.4, 0.5) is 19.1 Å². The zero-order chi connectivity index (χ0) is 24.0. The van der Waals surface area contributed by atoms with E-state index in [2.05, 4.69) is 26.9 Å². The van der Waals surface area contributed by atoms with E-state index in [9.17, 15) is 13.2 Å². The molecule has 0 aliphatic rings. The molecule has 8 heteroatoms. The van der Waals surface area contributed by atoms with Crippen LogP contribution in [0, 0.1) is 6.92 Å². The van der Waals surface area contributed by atoms with Crippen LogP contribution in [0.3, 0.4) is 0 Å². The number of anilines is 1. The molecule has 0 unspecified atom stereocenters. The Morgan fingerprint density at radius 3 is 2.64 bits per heavy atom. The molecule has 0 aliphatic heterocycles. The number of allylic oxidation sites excluding steroid dienone is 3. The first kappa shape index (κ1) is 23.8. The average molecular weight is 451 g/mol. The van der Waals surface area contributed by atoms with Crippen LogP contribution in [0.5, 0.6) is 0 Å². The first-order valence-electron chi connectivity index (χ1n) is 10.2. The maximum absolute atomic E-state index is 13.0. The second-order valence-corrected chi connectivity index (χ2v) is 7.32. The zero-order valence-corrected chi connectivity index (χ0v) is 18.6. The summed E-state index contributed by atoms with van der Waals surface area (Å²) in [5, 5.41) is 3.03. The Morgan fingerprint density at radius 1 is 1.18 bits per heavy atom. The number of rotatable bonds is 7. The smallest absolute Gasteiger partial charge is 0.350 e. The molecule has 5 nitrogen and oxygen atoms in total. The highest BCUT2D eigenvalue weighted by atomic mass is 19.4. The summed E-state index contributed by atoms with van der Waals surface area (Å²) in [6.45, 7) is 7.75. The summed E-state index contributed by atoms with van der Waals surface area (Å²) >= 11 is 0. The summed E-state index contributed by atoms with van der Waals surface area (Å²) < 4.78 is 39.1. The second-order valence-electron chi connectivity index (χ2n) is 7.32. The van der Waals surface area contributed by atoms with Crippen molar-refractivity contribution < 1.29 is 13.2 Å². The molecule has 0 fully saturated rings. The molecule has 0 atom stereocenters. The molecule has 0 radical (unpaired) electrons. The van der Waals surface area contributed by atoms with E-state index >= 15 is 0 Å². The number of aromatic nitrogens is 3. The Hall–Kier alpha value is -3.81. The molecule has 33 heavy (non-hydrogen) atoms. The predicted molar refractivity (Wildman–Crippen MR) is 126 cm³/mol. The van der Waals surface area contributed by atoms with Gasteiger partial charge in [-0.15, -0.1) is 0 Å².